The lowest BCUT2D eigenvalue weighted by molar-refractivity contribution is -0.150. The molecule has 23 heavy (non-hydrogen) atoms. The second-order valence-electron chi connectivity index (χ2n) is 5.48. The Balaban J connectivity index is 1.75. The number of rotatable bonds is 5. The van der Waals surface area contributed by atoms with Crippen molar-refractivity contribution in [2.45, 2.75) is 25.1 Å². The molecule has 2 aromatic rings. The highest BCUT2D eigenvalue weighted by molar-refractivity contribution is 5.77. The molecule has 2 atom stereocenters. The number of nitrogens with zero attached hydrogens (tertiary/aromatic N) is 4. The molecule has 0 bridgehead atoms. The third kappa shape index (κ3) is 3.57. The second kappa shape index (κ2) is 7.34. The third-order valence-electron chi connectivity index (χ3n) is 4.04. The molecule has 1 fully saturated rings. The normalized spacial score (nSPS) is 21.3. The summed E-state index contributed by atoms with van der Waals surface area (Å²) in [6, 6.07) is 9.45. The Morgan fingerprint density at radius 2 is 2.00 bits per heavy atom. The fourth-order valence-electron chi connectivity index (χ4n) is 2.92. The molecule has 1 aliphatic rings. The summed E-state index contributed by atoms with van der Waals surface area (Å²) in [5, 5.41) is 17.1. The monoisotopic (exact) mass is 316 g/mol. The number of aromatic nitrogens is 3. The van der Waals surface area contributed by atoms with Gasteiger partial charge in [-0.1, -0.05) is 30.3 Å². The molecule has 1 N–H and O–H groups in total. The summed E-state index contributed by atoms with van der Waals surface area (Å²) in [4.78, 5) is 14.5. The molecule has 0 saturated carbocycles. The molecule has 0 unspecified atom stereocenters. The number of ether oxygens (including phenoxy) is 1. The highest BCUT2D eigenvalue weighted by Crippen LogP contribution is 2.30. The van der Waals surface area contributed by atoms with E-state index in [1.807, 2.05) is 35.2 Å². The lowest BCUT2D eigenvalue weighted by atomic mass is 9.98. The van der Waals surface area contributed by atoms with Crippen molar-refractivity contribution < 1.29 is 14.6 Å². The molecule has 1 amide bonds. The first-order chi connectivity index (χ1) is 11.3. The Morgan fingerprint density at radius 1 is 1.26 bits per heavy atom. The van der Waals surface area contributed by atoms with E-state index in [0.29, 0.717) is 26.1 Å². The molecule has 0 aliphatic carbocycles. The van der Waals surface area contributed by atoms with Gasteiger partial charge in [0.05, 0.1) is 19.3 Å². The summed E-state index contributed by atoms with van der Waals surface area (Å²) in [6.07, 6.45) is 3.15. The van der Waals surface area contributed by atoms with Gasteiger partial charge in [0.15, 0.2) is 0 Å². The van der Waals surface area contributed by atoms with Crippen LogP contribution in [0.5, 0.6) is 0 Å². The van der Waals surface area contributed by atoms with Gasteiger partial charge in [-0.15, -0.1) is 10.2 Å². The quantitative estimate of drug-likeness (QED) is 0.875. The van der Waals surface area contributed by atoms with Crippen LogP contribution < -0.4 is 0 Å². The summed E-state index contributed by atoms with van der Waals surface area (Å²) in [7, 11) is 0. The zero-order chi connectivity index (χ0) is 16.1. The third-order valence-corrected chi connectivity index (χ3v) is 4.04. The standard InChI is InChI=1S/C16H20N4O3/c21-10-14-16(13-4-2-1-3-5-13)20(8-9-23-14)15(22)6-7-19-11-17-18-12-19/h1-5,11-12,14,16,21H,6-10H2/t14-,16-/m1/s1. The zero-order valence-electron chi connectivity index (χ0n) is 12.8. The Hall–Kier alpha value is -2.25. The lowest BCUT2D eigenvalue weighted by Crippen LogP contribution is -2.49. The van der Waals surface area contributed by atoms with Crippen LogP contribution in [0.25, 0.3) is 0 Å². The van der Waals surface area contributed by atoms with Gasteiger partial charge in [0, 0.05) is 19.5 Å². The topological polar surface area (TPSA) is 80.5 Å². The Labute approximate surface area is 134 Å². The summed E-state index contributed by atoms with van der Waals surface area (Å²) in [5.74, 6) is 0.0364. The molecule has 122 valence electrons. The van der Waals surface area contributed by atoms with Crippen LogP contribution in [0.2, 0.25) is 0 Å². The Kier molecular flexibility index (Phi) is 4.99. The van der Waals surface area contributed by atoms with Crippen molar-refractivity contribution in [1.29, 1.82) is 0 Å². The Bertz CT molecular complexity index is 618. The van der Waals surface area contributed by atoms with Crippen LogP contribution in [0.3, 0.4) is 0 Å². The van der Waals surface area contributed by atoms with Crippen LogP contribution in [0.15, 0.2) is 43.0 Å². The summed E-state index contributed by atoms with van der Waals surface area (Å²) in [6.45, 7) is 1.38. The number of morpholine rings is 1. The van der Waals surface area contributed by atoms with E-state index < -0.39 is 6.10 Å². The van der Waals surface area contributed by atoms with E-state index in [1.165, 1.54) is 0 Å². The zero-order valence-corrected chi connectivity index (χ0v) is 12.8. The average molecular weight is 316 g/mol. The fraction of sp³-hybridized carbons (Fsp3) is 0.438. The highest BCUT2D eigenvalue weighted by atomic mass is 16.5. The number of aryl methyl sites for hydroxylation is 1. The van der Waals surface area contributed by atoms with E-state index in [0.717, 1.165) is 5.56 Å². The van der Waals surface area contributed by atoms with Crippen molar-refractivity contribution in [3.05, 3.63) is 48.5 Å². The molecular weight excluding hydrogens is 296 g/mol. The molecule has 1 saturated heterocycles. The number of carbonyl (C=O) groups excluding carboxylic acids is 1. The van der Waals surface area contributed by atoms with Gasteiger partial charge >= 0.3 is 0 Å². The fourth-order valence-corrected chi connectivity index (χ4v) is 2.92. The molecule has 7 nitrogen and oxygen atoms in total. The average Bonchev–Trinajstić information content (AvgIpc) is 3.13. The summed E-state index contributed by atoms with van der Waals surface area (Å²) < 4.78 is 7.43. The number of hydrogen-bond acceptors (Lipinski definition) is 5. The first-order valence-corrected chi connectivity index (χ1v) is 7.69. The van der Waals surface area contributed by atoms with E-state index in [1.54, 1.807) is 17.2 Å². The van der Waals surface area contributed by atoms with E-state index in [-0.39, 0.29) is 18.6 Å². The molecule has 2 heterocycles. The minimum Gasteiger partial charge on any atom is -0.394 e. The molecule has 1 aliphatic heterocycles. The summed E-state index contributed by atoms with van der Waals surface area (Å²) >= 11 is 0. The van der Waals surface area contributed by atoms with Crippen LogP contribution in [-0.4, -0.2) is 56.5 Å². The number of carbonyl (C=O) groups is 1. The number of aliphatic hydroxyl groups excluding tert-OH is 1. The first kappa shape index (κ1) is 15.6. The minimum atomic E-state index is -0.398. The maximum atomic E-state index is 12.7. The SMILES string of the molecule is O=C(CCn1cnnc1)N1CCO[C@H](CO)[C@H]1c1ccccc1. The molecular formula is C16H20N4O3. The lowest BCUT2D eigenvalue weighted by Gasteiger charge is -2.41. The van der Waals surface area contributed by atoms with Crippen molar-refractivity contribution in [1.82, 2.24) is 19.7 Å². The number of benzene rings is 1. The second-order valence-corrected chi connectivity index (χ2v) is 5.48. The van der Waals surface area contributed by atoms with E-state index >= 15 is 0 Å². The predicted octanol–water partition coefficient (Wildman–Crippen LogP) is 0.629. The molecule has 7 heteroatoms. The van der Waals surface area contributed by atoms with Gasteiger partial charge in [0.1, 0.15) is 18.8 Å². The maximum absolute atomic E-state index is 12.7. The minimum absolute atomic E-state index is 0.0364. The van der Waals surface area contributed by atoms with Crippen molar-refractivity contribution in [2.75, 3.05) is 19.8 Å². The van der Waals surface area contributed by atoms with Gasteiger partial charge < -0.3 is 19.3 Å². The number of hydrogen-bond donors (Lipinski definition) is 1. The van der Waals surface area contributed by atoms with Gasteiger partial charge in [-0.25, -0.2) is 0 Å². The van der Waals surface area contributed by atoms with Gasteiger partial charge in [0.25, 0.3) is 0 Å². The molecule has 3 rings (SSSR count). The molecule has 0 radical (unpaired) electrons. The van der Waals surface area contributed by atoms with E-state index in [4.69, 9.17) is 4.74 Å². The first-order valence-electron chi connectivity index (χ1n) is 7.69. The van der Waals surface area contributed by atoms with Crippen LogP contribution in [-0.2, 0) is 16.1 Å². The number of aliphatic hydroxyl groups is 1. The van der Waals surface area contributed by atoms with Crippen molar-refractivity contribution in [3.63, 3.8) is 0 Å². The molecule has 1 aromatic heterocycles. The number of amides is 1. The van der Waals surface area contributed by atoms with Crippen LogP contribution in [0, 0.1) is 0 Å². The molecule has 1 aromatic carbocycles. The summed E-state index contributed by atoms with van der Waals surface area (Å²) in [5.41, 5.74) is 0.976. The van der Waals surface area contributed by atoms with Crippen molar-refractivity contribution in [2.24, 2.45) is 0 Å². The van der Waals surface area contributed by atoms with Crippen molar-refractivity contribution in [3.8, 4) is 0 Å². The Morgan fingerprint density at radius 3 is 2.70 bits per heavy atom. The van der Waals surface area contributed by atoms with E-state index in [2.05, 4.69) is 10.2 Å². The van der Waals surface area contributed by atoms with Crippen molar-refractivity contribution >= 4 is 5.91 Å². The predicted molar refractivity (Wildman–Crippen MR) is 82.4 cm³/mol. The molecule has 0 spiro atoms. The van der Waals surface area contributed by atoms with Crippen LogP contribution in [0.4, 0.5) is 0 Å². The van der Waals surface area contributed by atoms with Crippen LogP contribution >= 0.6 is 0 Å². The van der Waals surface area contributed by atoms with Gasteiger partial charge in [-0.05, 0) is 5.56 Å². The smallest absolute Gasteiger partial charge is 0.225 e. The maximum Gasteiger partial charge on any atom is 0.225 e. The van der Waals surface area contributed by atoms with E-state index in [9.17, 15) is 9.90 Å². The van der Waals surface area contributed by atoms with Crippen LogP contribution in [0.1, 0.15) is 18.0 Å². The largest absolute Gasteiger partial charge is 0.394 e. The highest BCUT2D eigenvalue weighted by Gasteiger charge is 2.35. The van der Waals surface area contributed by atoms with Gasteiger partial charge in [-0.3, -0.25) is 4.79 Å². The van der Waals surface area contributed by atoms with Gasteiger partial charge in [-0.2, -0.15) is 0 Å². The van der Waals surface area contributed by atoms with Gasteiger partial charge in [0.2, 0.25) is 5.91 Å².